The quantitative estimate of drug-likeness (QED) is 0.242. The van der Waals surface area contributed by atoms with Crippen LogP contribution in [0, 0.1) is 6.92 Å². The molecule has 1 aliphatic heterocycles. The summed E-state index contributed by atoms with van der Waals surface area (Å²) in [5, 5.41) is 11.1. The molecule has 1 unspecified atom stereocenters. The predicted octanol–water partition coefficient (Wildman–Crippen LogP) is 5.88. The molecular formula is C24H17BrF3NO6. The van der Waals surface area contributed by atoms with Crippen LogP contribution in [-0.2, 0) is 9.59 Å². The van der Waals surface area contributed by atoms with E-state index in [0.29, 0.717) is 16.0 Å². The highest BCUT2D eigenvalue weighted by Gasteiger charge is 2.48. The van der Waals surface area contributed by atoms with Gasteiger partial charge in [-0.15, -0.1) is 13.2 Å². The summed E-state index contributed by atoms with van der Waals surface area (Å²) in [6.45, 7) is 1.65. The fourth-order valence-corrected chi connectivity index (χ4v) is 4.31. The molecule has 2 aromatic carbocycles. The molecule has 2 heterocycles. The SMILES string of the molecule is COc1ccc(/C(O)=C2/C(=O)C(=O)N(c3cccc(OC(F)(F)F)c3)C2c2ccc(C)o2)cc1Br. The van der Waals surface area contributed by atoms with Crippen molar-refractivity contribution >= 4 is 39.1 Å². The molecule has 0 aliphatic carbocycles. The van der Waals surface area contributed by atoms with Crippen LogP contribution >= 0.6 is 15.9 Å². The van der Waals surface area contributed by atoms with Crippen LogP contribution in [0.1, 0.15) is 23.1 Å². The van der Waals surface area contributed by atoms with E-state index in [0.717, 1.165) is 17.0 Å². The van der Waals surface area contributed by atoms with Crippen LogP contribution in [0.5, 0.6) is 11.5 Å². The zero-order valence-corrected chi connectivity index (χ0v) is 19.8. The predicted molar refractivity (Wildman–Crippen MR) is 122 cm³/mol. The largest absolute Gasteiger partial charge is 0.573 e. The Kier molecular flexibility index (Phi) is 6.37. The van der Waals surface area contributed by atoms with Gasteiger partial charge < -0.3 is 19.0 Å². The van der Waals surface area contributed by atoms with E-state index in [-0.39, 0.29) is 22.6 Å². The first-order chi connectivity index (χ1) is 16.5. The van der Waals surface area contributed by atoms with Crippen LogP contribution < -0.4 is 14.4 Å². The number of benzene rings is 2. The lowest BCUT2D eigenvalue weighted by molar-refractivity contribution is -0.274. The third kappa shape index (κ3) is 4.76. The number of methoxy groups -OCH3 is 1. The average Bonchev–Trinajstić information content (AvgIpc) is 3.33. The monoisotopic (exact) mass is 551 g/mol. The Morgan fingerprint density at radius 1 is 1.11 bits per heavy atom. The molecule has 0 saturated carbocycles. The number of anilines is 1. The number of carbonyl (C=O) groups is 2. The number of furan rings is 1. The highest BCUT2D eigenvalue weighted by Crippen LogP contribution is 2.44. The molecule has 0 bridgehead atoms. The lowest BCUT2D eigenvalue weighted by atomic mass is 9.99. The van der Waals surface area contributed by atoms with Crippen LogP contribution in [0.15, 0.2) is 69.1 Å². The van der Waals surface area contributed by atoms with Gasteiger partial charge in [0, 0.05) is 17.3 Å². The number of aryl methyl sites for hydroxylation is 1. The summed E-state index contributed by atoms with van der Waals surface area (Å²) in [4.78, 5) is 27.2. The van der Waals surface area contributed by atoms with Crippen molar-refractivity contribution < 1.29 is 41.8 Å². The Labute approximate surface area is 205 Å². The van der Waals surface area contributed by atoms with Crippen molar-refractivity contribution in [2.45, 2.75) is 19.3 Å². The van der Waals surface area contributed by atoms with Crippen LogP contribution in [0.4, 0.5) is 18.9 Å². The summed E-state index contributed by atoms with van der Waals surface area (Å²) in [5.41, 5.74) is -0.135. The van der Waals surface area contributed by atoms with Crippen LogP contribution in [0.2, 0.25) is 0 Å². The molecule has 1 aromatic heterocycles. The van der Waals surface area contributed by atoms with E-state index >= 15 is 0 Å². The normalized spacial score (nSPS) is 17.7. The van der Waals surface area contributed by atoms with E-state index in [4.69, 9.17) is 9.15 Å². The number of carbonyl (C=O) groups excluding carboxylic acids is 2. The van der Waals surface area contributed by atoms with Crippen molar-refractivity contribution in [2.24, 2.45) is 0 Å². The topological polar surface area (TPSA) is 89.2 Å². The molecular weight excluding hydrogens is 535 g/mol. The van der Waals surface area contributed by atoms with Crippen molar-refractivity contribution in [2.75, 3.05) is 12.0 Å². The number of nitrogens with zero attached hydrogens (tertiary/aromatic N) is 1. The minimum absolute atomic E-state index is 0.0529. The van der Waals surface area contributed by atoms with Crippen molar-refractivity contribution in [3.63, 3.8) is 0 Å². The number of halogens is 4. The highest BCUT2D eigenvalue weighted by molar-refractivity contribution is 9.10. The van der Waals surface area contributed by atoms with Gasteiger partial charge in [-0.2, -0.15) is 0 Å². The number of hydrogen-bond acceptors (Lipinski definition) is 6. The van der Waals surface area contributed by atoms with Gasteiger partial charge in [0.05, 0.1) is 17.2 Å². The van der Waals surface area contributed by atoms with E-state index in [1.807, 2.05) is 0 Å². The average molecular weight is 552 g/mol. The number of Topliss-reactive ketones (excluding diaryl/α,β-unsaturated/α-hetero) is 1. The van der Waals surface area contributed by atoms with Crippen LogP contribution in [-0.4, -0.2) is 30.3 Å². The smallest absolute Gasteiger partial charge is 0.507 e. The van der Waals surface area contributed by atoms with Crippen molar-refractivity contribution in [1.29, 1.82) is 0 Å². The van der Waals surface area contributed by atoms with Gasteiger partial charge in [0.1, 0.15) is 34.8 Å². The number of ketones is 1. The zero-order valence-electron chi connectivity index (χ0n) is 18.2. The zero-order chi connectivity index (χ0) is 25.5. The molecule has 3 aromatic rings. The van der Waals surface area contributed by atoms with Crippen LogP contribution in [0.3, 0.4) is 0 Å². The van der Waals surface area contributed by atoms with E-state index in [1.165, 1.54) is 37.4 Å². The van der Waals surface area contributed by atoms with E-state index in [1.54, 1.807) is 19.1 Å². The first-order valence-electron chi connectivity index (χ1n) is 10.1. The van der Waals surface area contributed by atoms with Crippen molar-refractivity contribution in [3.05, 3.63) is 81.7 Å². The first-order valence-corrected chi connectivity index (χ1v) is 10.9. The van der Waals surface area contributed by atoms with E-state index < -0.39 is 35.6 Å². The van der Waals surface area contributed by atoms with Crippen molar-refractivity contribution in [3.8, 4) is 11.5 Å². The summed E-state index contributed by atoms with van der Waals surface area (Å²) in [6.07, 6.45) is -4.95. The van der Waals surface area contributed by atoms with Gasteiger partial charge in [-0.1, -0.05) is 6.07 Å². The van der Waals surface area contributed by atoms with E-state index in [9.17, 15) is 27.9 Å². The molecule has 35 heavy (non-hydrogen) atoms. The number of ether oxygens (including phenoxy) is 2. The molecule has 0 radical (unpaired) electrons. The summed E-state index contributed by atoms with van der Waals surface area (Å²) in [5.74, 6) is -2.08. The summed E-state index contributed by atoms with van der Waals surface area (Å²) in [7, 11) is 1.46. The number of alkyl halides is 3. The maximum Gasteiger partial charge on any atom is 0.573 e. The highest BCUT2D eigenvalue weighted by atomic mass is 79.9. The third-order valence-electron chi connectivity index (χ3n) is 5.23. The minimum Gasteiger partial charge on any atom is -0.507 e. The maximum absolute atomic E-state index is 13.1. The Bertz CT molecular complexity index is 1350. The molecule has 0 spiro atoms. The summed E-state index contributed by atoms with van der Waals surface area (Å²) >= 11 is 3.31. The van der Waals surface area contributed by atoms with Gasteiger partial charge >= 0.3 is 6.36 Å². The number of rotatable bonds is 5. The standard InChI is InChI=1S/C24H17BrF3NO6/c1-12-6-8-18(34-12)20-19(21(30)13-7-9-17(33-2)16(25)10-13)22(31)23(32)29(20)14-4-3-5-15(11-14)35-24(26,27)28/h3-11,20,30H,1-2H3/b21-19-. The second-order valence-corrected chi connectivity index (χ2v) is 8.37. The molecule has 1 fully saturated rings. The van der Waals surface area contributed by atoms with Crippen LogP contribution in [0.25, 0.3) is 5.76 Å². The summed E-state index contributed by atoms with van der Waals surface area (Å²) in [6, 6.07) is 11.1. The maximum atomic E-state index is 13.1. The van der Waals surface area contributed by atoms with Gasteiger partial charge in [0.2, 0.25) is 0 Å². The van der Waals surface area contributed by atoms with Gasteiger partial charge in [0.15, 0.2) is 0 Å². The van der Waals surface area contributed by atoms with E-state index in [2.05, 4.69) is 20.7 Å². The van der Waals surface area contributed by atoms with Gasteiger partial charge in [-0.3, -0.25) is 14.5 Å². The fraction of sp³-hybridized carbons (Fsp3) is 0.167. The molecule has 182 valence electrons. The number of aliphatic hydroxyl groups excluding tert-OH is 1. The Morgan fingerprint density at radius 3 is 2.46 bits per heavy atom. The first kappa shape index (κ1) is 24.4. The Balaban J connectivity index is 1.88. The van der Waals surface area contributed by atoms with Crippen molar-refractivity contribution in [1.82, 2.24) is 0 Å². The number of amides is 1. The van der Waals surface area contributed by atoms with Gasteiger partial charge in [0.25, 0.3) is 11.7 Å². The fourth-order valence-electron chi connectivity index (χ4n) is 3.77. The molecule has 4 rings (SSSR count). The minimum atomic E-state index is -4.95. The molecule has 1 atom stereocenters. The summed E-state index contributed by atoms with van der Waals surface area (Å²) < 4.78 is 53.5. The third-order valence-corrected chi connectivity index (χ3v) is 5.85. The second-order valence-electron chi connectivity index (χ2n) is 7.51. The molecule has 11 heteroatoms. The second kappa shape index (κ2) is 9.14. The lowest BCUT2D eigenvalue weighted by Crippen LogP contribution is -2.29. The number of aliphatic hydroxyl groups is 1. The van der Waals surface area contributed by atoms with Gasteiger partial charge in [-0.25, -0.2) is 0 Å². The Morgan fingerprint density at radius 2 is 1.86 bits per heavy atom. The molecule has 7 nitrogen and oxygen atoms in total. The molecule has 1 amide bonds. The molecule has 1 aliphatic rings. The molecule has 1 saturated heterocycles. The number of hydrogen-bond donors (Lipinski definition) is 1. The molecule has 1 N–H and O–H groups in total. The Hall–Kier alpha value is -3.73. The van der Waals surface area contributed by atoms with Gasteiger partial charge in [-0.05, 0) is 65.3 Å². The lowest BCUT2D eigenvalue weighted by Gasteiger charge is -2.24.